The van der Waals surface area contributed by atoms with Gasteiger partial charge in [-0.1, -0.05) is 0 Å². The van der Waals surface area contributed by atoms with Crippen molar-refractivity contribution in [1.82, 2.24) is 19.7 Å². The number of aliphatic hydroxyl groups excluding tert-OH is 1. The number of hydrogen-bond donors (Lipinski definition) is 2. The summed E-state index contributed by atoms with van der Waals surface area (Å²) in [5.41, 5.74) is 2.42. The van der Waals surface area contributed by atoms with E-state index in [4.69, 9.17) is 4.74 Å². The van der Waals surface area contributed by atoms with Crippen LogP contribution in [0.2, 0.25) is 0 Å². The fourth-order valence-electron chi connectivity index (χ4n) is 4.26. The number of nitrogens with one attached hydrogen (secondary N) is 1. The number of hydrogen-bond acceptors (Lipinski definition) is 8. The zero-order valence-corrected chi connectivity index (χ0v) is 20.1. The number of methoxy groups -OCH3 is 1. The highest BCUT2D eigenvalue weighted by molar-refractivity contribution is 6.05. The quantitative estimate of drug-likeness (QED) is 0.522. The smallest absolute Gasteiger partial charge is 0.252 e. The normalized spacial score (nSPS) is 16.3. The molecule has 0 fully saturated rings. The number of carbonyl (C=O) groups excluding carboxylic acids is 1. The molecule has 0 spiro atoms. The molecule has 1 amide bonds. The number of aliphatic hydroxyl groups is 1. The molecule has 1 aromatic carbocycles. The maximum absolute atomic E-state index is 14.0. The van der Waals surface area contributed by atoms with Gasteiger partial charge in [0.2, 0.25) is 5.95 Å². The Labute approximate surface area is 201 Å². The van der Waals surface area contributed by atoms with Gasteiger partial charge in [-0.25, -0.2) is 13.8 Å². The van der Waals surface area contributed by atoms with Gasteiger partial charge in [-0.05, 0) is 31.5 Å². The van der Waals surface area contributed by atoms with E-state index in [1.54, 1.807) is 49.9 Å². The Morgan fingerprint density at radius 1 is 1.20 bits per heavy atom. The Kier molecular flexibility index (Phi) is 6.57. The first-order valence-corrected chi connectivity index (χ1v) is 10.9. The minimum absolute atomic E-state index is 0.179. The van der Waals surface area contributed by atoms with Crippen LogP contribution >= 0.6 is 0 Å². The molecule has 1 aliphatic rings. The molecule has 0 aliphatic carbocycles. The number of benzene rings is 1. The fraction of sp³-hybridized carbons (Fsp3) is 0.391. The third kappa shape index (κ3) is 4.61. The summed E-state index contributed by atoms with van der Waals surface area (Å²) >= 11 is 0. The van der Waals surface area contributed by atoms with Gasteiger partial charge in [-0.2, -0.15) is 10.1 Å². The van der Waals surface area contributed by atoms with Gasteiger partial charge in [-0.3, -0.25) is 9.48 Å². The van der Waals surface area contributed by atoms with E-state index in [2.05, 4.69) is 20.4 Å². The largest absolute Gasteiger partial charge is 0.491 e. The second kappa shape index (κ2) is 9.45. The average molecular weight is 488 g/mol. The number of aryl methyl sites for hydroxylation is 1. The van der Waals surface area contributed by atoms with Gasteiger partial charge in [0.25, 0.3) is 5.91 Å². The predicted octanol–water partition coefficient (Wildman–Crippen LogP) is 2.09. The number of rotatable bonds is 7. The van der Waals surface area contributed by atoms with Gasteiger partial charge in [0.15, 0.2) is 23.2 Å². The predicted molar refractivity (Wildman–Crippen MR) is 126 cm³/mol. The van der Waals surface area contributed by atoms with Crippen molar-refractivity contribution in [3.8, 4) is 5.75 Å². The topological polar surface area (TPSA) is 109 Å². The van der Waals surface area contributed by atoms with E-state index < -0.39 is 29.5 Å². The molecule has 2 aromatic heterocycles. The van der Waals surface area contributed by atoms with Crippen LogP contribution in [-0.2, 0) is 17.9 Å². The Balaban J connectivity index is 1.49. The van der Waals surface area contributed by atoms with Gasteiger partial charge < -0.3 is 25.0 Å². The number of likely N-dealkylation sites (N-methyl/N-ethyl adjacent to an activating group) is 2. The zero-order valence-electron chi connectivity index (χ0n) is 20.1. The molecule has 0 unspecified atom stereocenters. The summed E-state index contributed by atoms with van der Waals surface area (Å²) in [6, 6.07) is 1.68. The summed E-state index contributed by atoms with van der Waals surface area (Å²) in [6.45, 7) is 3.88. The maximum Gasteiger partial charge on any atom is 0.252 e. The molecular weight excluding hydrogens is 460 g/mol. The Bertz CT molecular complexity index is 1240. The summed E-state index contributed by atoms with van der Waals surface area (Å²) < 4.78 is 34.2. The van der Waals surface area contributed by atoms with Crippen molar-refractivity contribution < 1.29 is 23.4 Å². The molecule has 0 saturated heterocycles. The molecule has 2 atom stereocenters. The first-order valence-electron chi connectivity index (χ1n) is 10.9. The van der Waals surface area contributed by atoms with Crippen LogP contribution in [-0.4, -0.2) is 64.1 Å². The van der Waals surface area contributed by atoms with Crippen LogP contribution in [0.1, 0.15) is 23.7 Å². The third-order valence-electron chi connectivity index (χ3n) is 5.91. The van der Waals surface area contributed by atoms with Gasteiger partial charge in [0, 0.05) is 32.4 Å². The highest BCUT2D eigenvalue weighted by atomic mass is 19.1. The van der Waals surface area contributed by atoms with E-state index in [0.717, 1.165) is 5.56 Å². The van der Waals surface area contributed by atoms with E-state index in [1.165, 1.54) is 24.1 Å². The van der Waals surface area contributed by atoms with Crippen molar-refractivity contribution in [2.24, 2.45) is 0 Å². The van der Waals surface area contributed by atoms with E-state index in [0.29, 0.717) is 35.3 Å². The maximum atomic E-state index is 14.0. The van der Waals surface area contributed by atoms with Crippen LogP contribution < -0.4 is 19.9 Å². The summed E-state index contributed by atoms with van der Waals surface area (Å²) in [5.74, 6) is -1.30. The lowest BCUT2D eigenvalue weighted by Crippen LogP contribution is -2.56. The molecule has 4 rings (SSSR count). The molecule has 3 aromatic rings. The first kappa shape index (κ1) is 24.3. The lowest BCUT2D eigenvalue weighted by molar-refractivity contribution is -0.122. The molecule has 12 heteroatoms. The van der Waals surface area contributed by atoms with Gasteiger partial charge in [0.1, 0.15) is 11.7 Å². The molecule has 0 bridgehead atoms. The number of halogens is 2. The van der Waals surface area contributed by atoms with Crippen LogP contribution in [0.4, 0.5) is 26.2 Å². The molecule has 10 nitrogen and oxygen atoms in total. The van der Waals surface area contributed by atoms with E-state index >= 15 is 0 Å². The summed E-state index contributed by atoms with van der Waals surface area (Å²) in [4.78, 5) is 24.9. The molecule has 0 radical (unpaired) electrons. The zero-order chi connectivity index (χ0) is 25.4. The molecule has 0 saturated carbocycles. The SMILES string of the molecule is COc1c(F)cc(Cn2cc(CNc3nc(C)c4c(n3)N(C)[C@@H]([C@H](C)O)C(=O)N4C)cn2)cc1F. The van der Waals surface area contributed by atoms with Crippen LogP contribution in [0, 0.1) is 18.6 Å². The lowest BCUT2D eigenvalue weighted by Gasteiger charge is -2.40. The van der Waals surface area contributed by atoms with Crippen molar-refractivity contribution in [2.75, 3.05) is 36.3 Å². The second-order valence-corrected chi connectivity index (χ2v) is 8.49. The van der Waals surface area contributed by atoms with Crippen LogP contribution in [0.15, 0.2) is 24.5 Å². The minimum Gasteiger partial charge on any atom is -0.491 e. The Hall–Kier alpha value is -3.80. The lowest BCUT2D eigenvalue weighted by atomic mass is 10.1. The fourth-order valence-corrected chi connectivity index (χ4v) is 4.26. The highest BCUT2D eigenvalue weighted by Crippen LogP contribution is 2.36. The van der Waals surface area contributed by atoms with Crippen LogP contribution in [0.5, 0.6) is 5.75 Å². The number of amides is 1. The third-order valence-corrected chi connectivity index (χ3v) is 5.91. The van der Waals surface area contributed by atoms with Gasteiger partial charge in [-0.15, -0.1) is 0 Å². The Morgan fingerprint density at radius 2 is 1.89 bits per heavy atom. The highest BCUT2D eigenvalue weighted by Gasteiger charge is 2.39. The second-order valence-electron chi connectivity index (χ2n) is 8.49. The van der Waals surface area contributed by atoms with Gasteiger partial charge >= 0.3 is 0 Å². The van der Waals surface area contributed by atoms with Crippen molar-refractivity contribution in [3.05, 3.63) is 53.0 Å². The number of ether oxygens (including phenoxy) is 1. The molecular formula is C23H27F2N7O3. The average Bonchev–Trinajstić information content (AvgIpc) is 3.22. The molecule has 35 heavy (non-hydrogen) atoms. The van der Waals surface area contributed by atoms with Crippen LogP contribution in [0.25, 0.3) is 0 Å². The molecule has 2 N–H and O–H groups in total. The van der Waals surface area contributed by atoms with E-state index in [1.807, 2.05) is 0 Å². The number of carbonyl (C=O) groups is 1. The monoisotopic (exact) mass is 487 g/mol. The van der Waals surface area contributed by atoms with E-state index in [-0.39, 0.29) is 12.5 Å². The number of anilines is 3. The number of aromatic nitrogens is 4. The molecule has 1 aliphatic heterocycles. The first-order chi connectivity index (χ1) is 16.6. The number of fused-ring (bicyclic) bond motifs is 1. The van der Waals surface area contributed by atoms with Crippen molar-refractivity contribution in [1.29, 1.82) is 0 Å². The molecule has 3 heterocycles. The number of nitrogens with zero attached hydrogens (tertiary/aromatic N) is 6. The van der Waals surface area contributed by atoms with Gasteiger partial charge in [0.05, 0.1) is 31.6 Å². The minimum atomic E-state index is -0.881. The van der Waals surface area contributed by atoms with Crippen molar-refractivity contribution >= 4 is 23.4 Å². The van der Waals surface area contributed by atoms with Crippen LogP contribution in [0.3, 0.4) is 0 Å². The van der Waals surface area contributed by atoms with Crippen molar-refractivity contribution in [3.63, 3.8) is 0 Å². The van der Waals surface area contributed by atoms with Crippen molar-refractivity contribution in [2.45, 2.75) is 39.1 Å². The summed E-state index contributed by atoms with van der Waals surface area (Å²) in [5, 5.41) is 17.5. The Morgan fingerprint density at radius 3 is 2.51 bits per heavy atom. The summed E-state index contributed by atoms with van der Waals surface area (Å²) in [7, 11) is 4.57. The summed E-state index contributed by atoms with van der Waals surface area (Å²) in [6.07, 6.45) is 2.50. The molecule has 186 valence electrons. The van der Waals surface area contributed by atoms with E-state index in [9.17, 15) is 18.7 Å². The standard InChI is InChI=1S/C23H27F2N7O3/c1-12-18-21(30(3)19(13(2)33)22(34)31(18)4)29-23(28-12)26-8-15-9-27-32(11-15)10-14-6-16(24)20(35-5)17(25)7-14/h6-7,9,11,13,19,33H,8,10H2,1-5H3,(H,26,28,29)/t13-,19-/m0/s1.